The number of hydrogen-bond donors (Lipinski definition) is 1. The van der Waals surface area contributed by atoms with Gasteiger partial charge in [-0.25, -0.2) is 0 Å². The molecule has 1 saturated heterocycles. The highest BCUT2D eigenvalue weighted by molar-refractivity contribution is 6.15. The van der Waals surface area contributed by atoms with Crippen molar-refractivity contribution in [3.8, 4) is 5.75 Å². The zero-order valence-corrected chi connectivity index (χ0v) is 18.0. The third-order valence-electron chi connectivity index (χ3n) is 5.95. The number of furan rings is 1. The molecule has 2 heterocycles. The summed E-state index contributed by atoms with van der Waals surface area (Å²) in [7, 11) is 1.49. The second-order valence-corrected chi connectivity index (χ2v) is 8.02. The first-order chi connectivity index (χ1) is 16.3. The number of hydrogen-bond acceptors (Lipinski definition) is 4. The van der Waals surface area contributed by atoms with Gasteiger partial charge >= 0.3 is 6.18 Å². The molecule has 1 fully saturated rings. The fourth-order valence-corrected chi connectivity index (χ4v) is 4.28. The number of anilines is 2. The van der Waals surface area contributed by atoms with Crippen LogP contribution in [-0.4, -0.2) is 25.5 Å². The molecule has 6 nitrogen and oxygen atoms in total. The van der Waals surface area contributed by atoms with Gasteiger partial charge in [0.25, 0.3) is 0 Å². The van der Waals surface area contributed by atoms with Crippen molar-refractivity contribution in [1.29, 1.82) is 0 Å². The van der Waals surface area contributed by atoms with Gasteiger partial charge in [0.05, 0.1) is 18.4 Å². The van der Waals surface area contributed by atoms with E-state index in [1.807, 2.05) is 24.3 Å². The Balaban J connectivity index is 1.41. The van der Waals surface area contributed by atoms with Crippen LogP contribution in [0.5, 0.6) is 5.75 Å². The lowest BCUT2D eigenvalue weighted by Crippen LogP contribution is -2.33. The number of nitrogens with zero attached hydrogens (tertiary/aromatic N) is 1. The van der Waals surface area contributed by atoms with Crippen molar-refractivity contribution in [2.75, 3.05) is 23.9 Å². The maximum Gasteiger partial charge on any atom is 0.416 e. The van der Waals surface area contributed by atoms with Crippen LogP contribution in [0.3, 0.4) is 0 Å². The summed E-state index contributed by atoms with van der Waals surface area (Å²) >= 11 is 0. The molecule has 174 valence electrons. The predicted octanol–water partition coefficient (Wildman–Crippen LogP) is 5.61. The number of carbonyl (C=O) groups excluding carboxylic acids is 2. The van der Waals surface area contributed by atoms with E-state index in [0.29, 0.717) is 22.6 Å². The molecule has 3 aromatic carbocycles. The molecule has 0 aliphatic carbocycles. The van der Waals surface area contributed by atoms with Crippen molar-refractivity contribution in [3.63, 3.8) is 0 Å². The molecule has 1 aliphatic rings. The summed E-state index contributed by atoms with van der Waals surface area (Å²) in [6.07, 6.45) is -4.32. The molecule has 1 unspecified atom stereocenters. The highest BCUT2D eigenvalue weighted by atomic mass is 19.4. The van der Waals surface area contributed by atoms with E-state index in [2.05, 4.69) is 5.32 Å². The van der Waals surface area contributed by atoms with E-state index < -0.39 is 29.5 Å². The summed E-state index contributed by atoms with van der Waals surface area (Å²) in [5.41, 5.74) is 0.832. The average molecular weight is 468 g/mol. The monoisotopic (exact) mass is 468 g/mol. The van der Waals surface area contributed by atoms with E-state index in [4.69, 9.17) is 9.15 Å². The lowest BCUT2D eigenvalue weighted by atomic mass is 10.1. The quantitative estimate of drug-likeness (QED) is 0.396. The minimum Gasteiger partial charge on any atom is -0.495 e. The van der Waals surface area contributed by atoms with Gasteiger partial charge in [-0.3, -0.25) is 9.59 Å². The third kappa shape index (κ3) is 3.72. The number of ether oxygens (including phenoxy) is 1. The maximum atomic E-state index is 13.1. The number of para-hydroxylation sites is 1. The van der Waals surface area contributed by atoms with E-state index in [9.17, 15) is 22.8 Å². The predicted molar refractivity (Wildman–Crippen MR) is 121 cm³/mol. The van der Waals surface area contributed by atoms with Gasteiger partial charge in [0.15, 0.2) is 0 Å². The maximum absolute atomic E-state index is 13.1. The number of nitrogens with one attached hydrogen (secondary N) is 1. The van der Waals surface area contributed by atoms with Crippen molar-refractivity contribution >= 4 is 45.1 Å². The van der Waals surface area contributed by atoms with Crippen LogP contribution in [0.15, 0.2) is 65.1 Å². The summed E-state index contributed by atoms with van der Waals surface area (Å²) in [5.74, 6) is -1.70. The number of amides is 2. The van der Waals surface area contributed by atoms with Crippen LogP contribution in [0.2, 0.25) is 0 Å². The van der Waals surface area contributed by atoms with E-state index >= 15 is 0 Å². The largest absolute Gasteiger partial charge is 0.495 e. The summed E-state index contributed by atoms with van der Waals surface area (Å²) in [6, 6.07) is 15.3. The second-order valence-electron chi connectivity index (χ2n) is 8.02. The fourth-order valence-electron chi connectivity index (χ4n) is 4.28. The van der Waals surface area contributed by atoms with Crippen molar-refractivity contribution in [2.24, 2.45) is 5.92 Å². The standard InChI is InChI=1S/C25H19F3N2O4/c1-33-22-12-18-16-7-2-3-8-20(16)34-21(18)13-19(22)30-10-9-17(24(30)32)23(31)29-15-6-4-5-14(11-15)25(26,27)28/h2-8,11-13,17H,9-10H2,1H3,(H,29,31). The topological polar surface area (TPSA) is 71.8 Å². The Kier molecular flexibility index (Phi) is 5.19. The summed E-state index contributed by atoms with van der Waals surface area (Å²) in [6.45, 7) is 0.252. The Morgan fingerprint density at radius 3 is 2.62 bits per heavy atom. The molecule has 1 aliphatic heterocycles. The van der Waals surface area contributed by atoms with Gasteiger partial charge in [-0.15, -0.1) is 0 Å². The molecule has 9 heteroatoms. The summed E-state index contributed by atoms with van der Waals surface area (Å²) < 4.78 is 50.3. The molecule has 0 saturated carbocycles. The van der Waals surface area contributed by atoms with E-state index in [0.717, 1.165) is 22.9 Å². The Labute approximate surface area is 191 Å². The number of carbonyl (C=O) groups is 2. The molecule has 5 rings (SSSR count). The van der Waals surface area contributed by atoms with Gasteiger partial charge in [-0.1, -0.05) is 24.3 Å². The highest BCUT2D eigenvalue weighted by Crippen LogP contribution is 2.40. The lowest BCUT2D eigenvalue weighted by molar-refractivity contribution is -0.137. The Morgan fingerprint density at radius 1 is 1.06 bits per heavy atom. The van der Waals surface area contributed by atoms with Gasteiger partial charge in [-0.2, -0.15) is 13.2 Å². The molecule has 0 spiro atoms. The molecule has 1 aromatic heterocycles. The number of benzene rings is 3. The smallest absolute Gasteiger partial charge is 0.416 e. The summed E-state index contributed by atoms with van der Waals surface area (Å²) in [4.78, 5) is 27.3. The first kappa shape index (κ1) is 21.8. The second kappa shape index (κ2) is 8.09. The molecule has 2 amide bonds. The number of alkyl halides is 3. The number of halogens is 3. The van der Waals surface area contributed by atoms with Gasteiger partial charge in [0.2, 0.25) is 11.8 Å². The molecule has 0 bridgehead atoms. The SMILES string of the molecule is COc1cc2c(cc1N1CCC(C(=O)Nc3cccc(C(F)(F)F)c3)C1=O)oc1ccccc12. The Bertz CT molecular complexity index is 1430. The van der Waals surface area contributed by atoms with E-state index in [-0.39, 0.29) is 18.7 Å². The zero-order valence-electron chi connectivity index (χ0n) is 18.0. The minimum atomic E-state index is -4.54. The molecule has 34 heavy (non-hydrogen) atoms. The first-order valence-electron chi connectivity index (χ1n) is 10.5. The van der Waals surface area contributed by atoms with Crippen LogP contribution in [0, 0.1) is 5.92 Å². The van der Waals surface area contributed by atoms with E-state index in [1.165, 1.54) is 24.1 Å². The van der Waals surface area contributed by atoms with Gasteiger partial charge in [0, 0.05) is 29.1 Å². The van der Waals surface area contributed by atoms with Crippen LogP contribution < -0.4 is 15.0 Å². The van der Waals surface area contributed by atoms with Crippen LogP contribution in [-0.2, 0) is 15.8 Å². The van der Waals surface area contributed by atoms with Gasteiger partial charge in [-0.05, 0) is 36.8 Å². The van der Waals surface area contributed by atoms with Gasteiger partial charge in [0.1, 0.15) is 22.8 Å². The first-order valence-corrected chi connectivity index (χ1v) is 10.5. The molecule has 4 aromatic rings. The lowest BCUT2D eigenvalue weighted by Gasteiger charge is -2.19. The number of fused-ring (bicyclic) bond motifs is 3. The number of methoxy groups -OCH3 is 1. The molecular weight excluding hydrogens is 449 g/mol. The highest BCUT2D eigenvalue weighted by Gasteiger charge is 2.39. The Morgan fingerprint density at radius 2 is 1.85 bits per heavy atom. The molecule has 0 radical (unpaired) electrons. The van der Waals surface area contributed by atoms with Crippen LogP contribution in [0.1, 0.15) is 12.0 Å². The zero-order chi connectivity index (χ0) is 24.0. The van der Waals surface area contributed by atoms with Crippen molar-refractivity contribution < 1.29 is 31.9 Å². The van der Waals surface area contributed by atoms with Gasteiger partial charge < -0.3 is 19.4 Å². The van der Waals surface area contributed by atoms with Crippen molar-refractivity contribution in [1.82, 2.24) is 0 Å². The Hall–Kier alpha value is -4.01. The van der Waals surface area contributed by atoms with Crippen molar-refractivity contribution in [3.05, 3.63) is 66.2 Å². The third-order valence-corrected chi connectivity index (χ3v) is 5.95. The molecular formula is C25H19F3N2O4. The van der Waals surface area contributed by atoms with Crippen LogP contribution in [0.4, 0.5) is 24.5 Å². The number of rotatable bonds is 4. The van der Waals surface area contributed by atoms with E-state index in [1.54, 1.807) is 12.1 Å². The normalized spacial score (nSPS) is 16.4. The summed E-state index contributed by atoms with van der Waals surface area (Å²) in [5, 5.41) is 4.18. The molecule has 1 N–H and O–H groups in total. The minimum absolute atomic E-state index is 0.0210. The van der Waals surface area contributed by atoms with Crippen LogP contribution in [0.25, 0.3) is 21.9 Å². The van der Waals surface area contributed by atoms with Crippen molar-refractivity contribution in [2.45, 2.75) is 12.6 Å². The van der Waals surface area contributed by atoms with Crippen LogP contribution >= 0.6 is 0 Å². The molecule has 1 atom stereocenters. The average Bonchev–Trinajstić information content (AvgIpc) is 3.37. The fraction of sp³-hybridized carbons (Fsp3) is 0.200.